The van der Waals surface area contributed by atoms with Gasteiger partial charge in [0.05, 0.1) is 30.6 Å². The van der Waals surface area contributed by atoms with Gasteiger partial charge in [0, 0.05) is 17.1 Å². The minimum absolute atomic E-state index is 0.0290. The summed E-state index contributed by atoms with van der Waals surface area (Å²) in [7, 11) is 0. The van der Waals surface area contributed by atoms with E-state index in [4.69, 9.17) is 4.74 Å². The molecule has 192 valence electrons. The maximum Gasteiger partial charge on any atom is 0.245 e. The lowest BCUT2D eigenvalue weighted by molar-refractivity contribution is -0.146. The van der Waals surface area contributed by atoms with Crippen molar-refractivity contribution in [2.45, 2.75) is 75.1 Å². The van der Waals surface area contributed by atoms with Crippen LogP contribution in [0.15, 0.2) is 30.3 Å². The van der Waals surface area contributed by atoms with Gasteiger partial charge in [0.15, 0.2) is 0 Å². The fourth-order valence-electron chi connectivity index (χ4n) is 6.07. The van der Waals surface area contributed by atoms with Gasteiger partial charge in [-0.2, -0.15) is 0 Å². The Morgan fingerprint density at radius 2 is 1.97 bits per heavy atom. The number of unbranched alkanes of at least 4 members (excludes halogenated alkanes) is 1. The SMILES string of the molecule is CCCCNC(=O)C1N([C@@H](CO)[C@@H](C)CC)C(=O)[C@@H]2[C@@H](C(=O)Nc3ccccc3)[C@@H]3OC12CC3Br. The number of halogens is 1. The van der Waals surface area contributed by atoms with Crippen LogP contribution in [0, 0.1) is 17.8 Å². The molecule has 3 aliphatic rings. The van der Waals surface area contributed by atoms with Crippen LogP contribution in [0.4, 0.5) is 5.69 Å². The predicted molar refractivity (Wildman–Crippen MR) is 136 cm³/mol. The van der Waals surface area contributed by atoms with E-state index >= 15 is 0 Å². The van der Waals surface area contributed by atoms with Crippen LogP contribution in [0.25, 0.3) is 0 Å². The molecule has 0 aliphatic carbocycles. The van der Waals surface area contributed by atoms with E-state index in [-0.39, 0.29) is 35.1 Å². The lowest BCUT2D eigenvalue weighted by atomic mass is 9.70. The highest BCUT2D eigenvalue weighted by Gasteiger charge is 2.77. The van der Waals surface area contributed by atoms with Gasteiger partial charge in [0.2, 0.25) is 17.7 Å². The van der Waals surface area contributed by atoms with E-state index in [0.29, 0.717) is 18.7 Å². The molecule has 0 aromatic heterocycles. The maximum absolute atomic E-state index is 14.1. The Bertz CT molecular complexity index is 946. The number of aliphatic hydroxyl groups is 1. The van der Waals surface area contributed by atoms with Crippen molar-refractivity contribution in [3.05, 3.63) is 30.3 Å². The summed E-state index contributed by atoms with van der Waals surface area (Å²) in [5.41, 5.74) is -0.476. The summed E-state index contributed by atoms with van der Waals surface area (Å²) in [5.74, 6) is -2.41. The van der Waals surface area contributed by atoms with Gasteiger partial charge < -0.3 is 25.4 Å². The Balaban J connectivity index is 1.72. The van der Waals surface area contributed by atoms with Crippen LogP contribution in [0.3, 0.4) is 0 Å². The molecule has 8 nitrogen and oxygen atoms in total. The second-order valence-electron chi connectivity index (χ2n) is 10.0. The fraction of sp³-hybridized carbons (Fsp3) is 0.654. The average Bonchev–Trinajstić information content (AvgIpc) is 3.44. The molecule has 0 radical (unpaired) electrons. The molecule has 4 rings (SSSR count). The molecule has 3 amide bonds. The molecule has 3 N–H and O–H groups in total. The highest BCUT2D eigenvalue weighted by molar-refractivity contribution is 9.09. The highest BCUT2D eigenvalue weighted by atomic mass is 79.9. The Hall–Kier alpha value is -1.97. The standard InChI is InChI=1S/C26H36BrN3O5/c1-4-6-12-28-24(33)22-26-13-17(27)21(35-26)19(23(32)29-16-10-8-7-9-11-16)20(26)25(34)30(22)18(14-31)15(3)5-2/h7-11,15,17-22,31H,4-6,12-14H2,1-3H3,(H,28,33)(H,29,32)/t15-,17?,18-,19+,20-,21+,22?,26?/m0/s1. The van der Waals surface area contributed by atoms with Crippen molar-refractivity contribution in [3.63, 3.8) is 0 Å². The summed E-state index contributed by atoms with van der Waals surface area (Å²) in [6, 6.07) is 7.68. The lowest BCUT2D eigenvalue weighted by Crippen LogP contribution is -2.59. The third-order valence-electron chi connectivity index (χ3n) is 7.99. The van der Waals surface area contributed by atoms with E-state index in [9.17, 15) is 19.5 Å². The minimum Gasteiger partial charge on any atom is -0.394 e. The zero-order chi connectivity index (χ0) is 25.3. The van der Waals surface area contributed by atoms with Crippen LogP contribution >= 0.6 is 15.9 Å². The molecule has 8 atom stereocenters. The number of aliphatic hydroxyl groups excluding tert-OH is 1. The smallest absolute Gasteiger partial charge is 0.245 e. The molecule has 1 spiro atoms. The van der Waals surface area contributed by atoms with E-state index in [1.54, 1.807) is 17.0 Å². The first-order valence-corrected chi connectivity index (χ1v) is 13.6. The molecule has 3 unspecified atom stereocenters. The number of carbonyl (C=O) groups is 3. The van der Waals surface area contributed by atoms with Crippen LogP contribution in [-0.2, 0) is 19.1 Å². The number of anilines is 1. The van der Waals surface area contributed by atoms with Gasteiger partial charge in [-0.1, -0.05) is 67.7 Å². The molecule has 2 bridgehead atoms. The van der Waals surface area contributed by atoms with Gasteiger partial charge >= 0.3 is 0 Å². The first-order chi connectivity index (χ1) is 16.8. The second kappa shape index (κ2) is 10.6. The van der Waals surface area contributed by atoms with Crippen molar-refractivity contribution in [1.82, 2.24) is 10.2 Å². The van der Waals surface area contributed by atoms with Crippen molar-refractivity contribution in [2.24, 2.45) is 17.8 Å². The Morgan fingerprint density at radius 1 is 1.26 bits per heavy atom. The highest BCUT2D eigenvalue weighted by Crippen LogP contribution is 2.60. The molecular weight excluding hydrogens is 514 g/mol. The van der Waals surface area contributed by atoms with Gasteiger partial charge in [-0.25, -0.2) is 0 Å². The zero-order valence-corrected chi connectivity index (χ0v) is 22.2. The maximum atomic E-state index is 14.1. The summed E-state index contributed by atoms with van der Waals surface area (Å²) in [6.07, 6.45) is 2.42. The van der Waals surface area contributed by atoms with Crippen LogP contribution in [0.2, 0.25) is 0 Å². The minimum atomic E-state index is -1.12. The molecule has 3 aliphatic heterocycles. The monoisotopic (exact) mass is 549 g/mol. The molecule has 3 heterocycles. The van der Waals surface area contributed by atoms with Crippen LogP contribution in [-0.4, -0.2) is 69.5 Å². The van der Waals surface area contributed by atoms with Gasteiger partial charge in [-0.15, -0.1) is 0 Å². The topological polar surface area (TPSA) is 108 Å². The molecule has 1 aromatic carbocycles. The van der Waals surface area contributed by atoms with E-state index in [0.717, 1.165) is 19.3 Å². The number of fused-ring (bicyclic) bond motifs is 1. The Morgan fingerprint density at radius 3 is 2.60 bits per heavy atom. The quantitative estimate of drug-likeness (QED) is 0.307. The molecule has 0 saturated carbocycles. The number of carbonyl (C=O) groups excluding carboxylic acids is 3. The van der Waals surface area contributed by atoms with E-state index < -0.39 is 35.6 Å². The Labute approximate surface area is 215 Å². The Kier molecular flexibility index (Phi) is 7.88. The van der Waals surface area contributed by atoms with Crippen molar-refractivity contribution in [1.29, 1.82) is 0 Å². The fourth-order valence-corrected chi connectivity index (χ4v) is 7.01. The number of ether oxygens (including phenoxy) is 1. The summed E-state index contributed by atoms with van der Waals surface area (Å²) < 4.78 is 6.50. The number of nitrogens with zero attached hydrogens (tertiary/aromatic N) is 1. The second-order valence-corrected chi connectivity index (χ2v) is 11.2. The molecule has 1 aromatic rings. The summed E-state index contributed by atoms with van der Waals surface area (Å²) in [6.45, 7) is 6.25. The van der Waals surface area contributed by atoms with Crippen LogP contribution in [0.1, 0.15) is 46.5 Å². The normalized spacial score (nSPS) is 32.9. The van der Waals surface area contributed by atoms with Crippen molar-refractivity contribution in [2.75, 3.05) is 18.5 Å². The lowest BCUT2D eigenvalue weighted by Gasteiger charge is -2.38. The van der Waals surface area contributed by atoms with Gasteiger partial charge in [0.25, 0.3) is 0 Å². The van der Waals surface area contributed by atoms with Crippen LogP contribution < -0.4 is 10.6 Å². The average molecular weight is 550 g/mol. The molecule has 3 fully saturated rings. The third-order valence-corrected chi connectivity index (χ3v) is 8.84. The van der Waals surface area contributed by atoms with Gasteiger partial charge in [-0.05, 0) is 30.9 Å². The number of alkyl halides is 1. The first kappa shape index (κ1) is 26.1. The summed E-state index contributed by atoms with van der Waals surface area (Å²) >= 11 is 3.68. The van der Waals surface area contributed by atoms with E-state index in [1.165, 1.54) is 0 Å². The van der Waals surface area contributed by atoms with Crippen molar-refractivity contribution in [3.8, 4) is 0 Å². The molecule has 3 saturated heterocycles. The number of hydrogen-bond donors (Lipinski definition) is 3. The predicted octanol–water partition coefficient (Wildman–Crippen LogP) is 2.70. The van der Waals surface area contributed by atoms with Gasteiger partial charge in [0.1, 0.15) is 11.6 Å². The number of nitrogens with one attached hydrogen (secondary N) is 2. The number of hydrogen-bond acceptors (Lipinski definition) is 5. The summed E-state index contributed by atoms with van der Waals surface area (Å²) in [5, 5.41) is 16.2. The zero-order valence-electron chi connectivity index (χ0n) is 20.6. The molecule has 35 heavy (non-hydrogen) atoms. The number of likely N-dealkylation sites (tertiary alicyclic amines) is 1. The number of para-hydroxylation sites is 1. The number of rotatable bonds is 10. The third kappa shape index (κ3) is 4.40. The van der Waals surface area contributed by atoms with Crippen LogP contribution in [0.5, 0.6) is 0 Å². The first-order valence-electron chi connectivity index (χ1n) is 12.7. The van der Waals surface area contributed by atoms with Crippen molar-refractivity contribution < 1.29 is 24.2 Å². The van der Waals surface area contributed by atoms with E-state index in [2.05, 4.69) is 26.6 Å². The van der Waals surface area contributed by atoms with Crippen molar-refractivity contribution >= 4 is 39.3 Å². The summed E-state index contributed by atoms with van der Waals surface area (Å²) in [4.78, 5) is 42.6. The molecular formula is C26H36BrN3O5. The number of benzene rings is 1. The largest absolute Gasteiger partial charge is 0.394 e. The van der Waals surface area contributed by atoms with E-state index in [1.807, 2.05) is 39.0 Å². The molecule has 9 heteroatoms. The number of amides is 3. The van der Waals surface area contributed by atoms with Gasteiger partial charge in [-0.3, -0.25) is 14.4 Å².